The Balaban J connectivity index is -0.000000218. The van der Waals surface area contributed by atoms with E-state index in [-0.39, 0.29) is 37.3 Å². The molecule has 0 saturated carbocycles. The molecule has 0 aliphatic heterocycles. The number of aliphatic imine (C=N–C) groups is 3. The molecular weight excluding hydrogens is 618 g/mol. The minimum atomic E-state index is 0. The summed E-state index contributed by atoms with van der Waals surface area (Å²) in [7, 11) is 11.8. The van der Waals surface area contributed by atoms with Crippen molar-refractivity contribution in [3.05, 3.63) is 16.0 Å². The summed E-state index contributed by atoms with van der Waals surface area (Å²) in [5.74, 6) is 2.50. The van der Waals surface area contributed by atoms with Crippen molar-refractivity contribution >= 4 is 17.9 Å². The zero-order chi connectivity index (χ0) is 29.2. The van der Waals surface area contributed by atoms with Crippen molar-refractivity contribution in [3.8, 4) is 0 Å². The Morgan fingerprint density at radius 2 is 0.568 bits per heavy atom. The minimum Gasteiger partial charge on any atom is -0.432 e. The van der Waals surface area contributed by atoms with Crippen LogP contribution < -0.4 is 0 Å². The molecule has 9 nitrogen and oxygen atoms in total. The summed E-state index contributed by atoms with van der Waals surface area (Å²) in [4.78, 5) is 19.0. The summed E-state index contributed by atoms with van der Waals surface area (Å²) in [5, 5.41) is 13.2. The third-order valence-corrected chi connectivity index (χ3v) is 3.44. The quantitative estimate of drug-likeness (QED) is 0.245. The predicted molar refractivity (Wildman–Crippen MR) is 164 cm³/mol. The van der Waals surface area contributed by atoms with E-state index in [1.54, 1.807) is 0 Å². The Morgan fingerprint density at radius 3 is 0.649 bits per heavy atom. The van der Waals surface area contributed by atoms with Gasteiger partial charge in [-0.1, -0.05) is 83.1 Å². The second-order valence-electron chi connectivity index (χ2n) is 10.9. The molecule has 37 heavy (non-hydrogen) atoms. The van der Waals surface area contributed by atoms with Crippen molar-refractivity contribution in [2.24, 2.45) is 15.0 Å². The Labute approximate surface area is 261 Å². The van der Waals surface area contributed by atoms with Gasteiger partial charge in [-0.05, 0) is 78.5 Å². The van der Waals surface area contributed by atoms with Crippen LogP contribution in [0.4, 0.5) is 0 Å². The van der Waals surface area contributed by atoms with Crippen LogP contribution >= 0.6 is 0 Å². The minimum absolute atomic E-state index is 0. The third-order valence-electron chi connectivity index (χ3n) is 3.44. The molecule has 0 atom stereocenters. The van der Waals surface area contributed by atoms with Crippen LogP contribution in [0, 0.1) is 37.3 Å². The Morgan fingerprint density at radius 1 is 0.405 bits per heavy atom. The SMILES string of the molecule is CC(C)N=C([N-]C(C)C)N(C)C.CC(C)N=C([N-]C(C)C)N(C)C.CC(C)N=C([N-]C(C)C)N(C)C.[Er+3]. The summed E-state index contributed by atoms with van der Waals surface area (Å²) >= 11 is 0. The van der Waals surface area contributed by atoms with Crippen molar-refractivity contribution in [2.45, 2.75) is 119 Å². The molecular formula is C27H60ErN9. The molecule has 0 saturated heterocycles. The maximum absolute atomic E-state index is 4.39. The topological polar surface area (TPSA) is 89.1 Å². The van der Waals surface area contributed by atoms with Gasteiger partial charge in [0.1, 0.15) is 0 Å². The van der Waals surface area contributed by atoms with Crippen LogP contribution in [-0.4, -0.2) is 111 Å². The summed E-state index contributed by atoms with van der Waals surface area (Å²) in [6.45, 7) is 24.7. The number of hydrogen-bond acceptors (Lipinski definition) is 3. The van der Waals surface area contributed by atoms with Crippen LogP contribution in [0.2, 0.25) is 0 Å². The van der Waals surface area contributed by atoms with Gasteiger partial charge < -0.3 is 45.6 Å². The van der Waals surface area contributed by atoms with E-state index in [4.69, 9.17) is 0 Å². The molecule has 0 rings (SSSR count). The van der Waals surface area contributed by atoms with Gasteiger partial charge in [-0.15, -0.1) is 0 Å². The number of rotatable bonds is 6. The Bertz CT molecular complexity index is 536. The molecule has 0 aliphatic rings. The third kappa shape index (κ3) is 31.2. The summed E-state index contributed by atoms with van der Waals surface area (Å²) in [5.41, 5.74) is 0. The molecule has 0 N–H and O–H groups in total. The van der Waals surface area contributed by atoms with Gasteiger partial charge in [0, 0.05) is 17.9 Å². The molecule has 0 spiro atoms. The van der Waals surface area contributed by atoms with Crippen LogP contribution in [0.1, 0.15) is 83.1 Å². The van der Waals surface area contributed by atoms with E-state index in [2.05, 4.69) is 114 Å². The van der Waals surface area contributed by atoms with Gasteiger partial charge in [-0.25, -0.2) is 0 Å². The van der Waals surface area contributed by atoms with Gasteiger partial charge >= 0.3 is 37.3 Å². The molecule has 0 amide bonds. The fraction of sp³-hybridized carbons (Fsp3) is 0.889. The van der Waals surface area contributed by atoms with Crippen LogP contribution in [0.5, 0.6) is 0 Å². The maximum atomic E-state index is 4.39. The molecule has 0 heterocycles. The molecule has 0 aromatic carbocycles. The van der Waals surface area contributed by atoms with E-state index in [9.17, 15) is 0 Å². The monoisotopic (exact) mass is 676 g/mol. The normalized spacial score (nSPS) is 12.2. The Hall–Kier alpha value is -0.943. The van der Waals surface area contributed by atoms with E-state index in [0.717, 1.165) is 17.9 Å². The zero-order valence-corrected chi connectivity index (χ0v) is 29.1. The molecule has 0 aliphatic carbocycles. The van der Waals surface area contributed by atoms with Gasteiger partial charge in [0.15, 0.2) is 0 Å². The standard InChI is InChI=1S/3C9H20N3.Er/c3*1-7(2)10-9(12(5)6)11-8(3)4;/h3*7-8H,1-6H3;/q3*-1;+3. The van der Waals surface area contributed by atoms with Crippen LogP contribution in [0.25, 0.3) is 16.0 Å². The van der Waals surface area contributed by atoms with E-state index in [1.165, 1.54) is 0 Å². The molecule has 0 aromatic rings. The second-order valence-corrected chi connectivity index (χ2v) is 10.9. The summed E-state index contributed by atoms with van der Waals surface area (Å²) in [6, 6.07) is 1.86. The predicted octanol–water partition coefficient (Wildman–Crippen LogP) is 6.28. The molecule has 225 valence electrons. The average molecular weight is 678 g/mol. The van der Waals surface area contributed by atoms with Crippen LogP contribution in [0.3, 0.4) is 0 Å². The first-order valence-corrected chi connectivity index (χ1v) is 13.2. The van der Waals surface area contributed by atoms with Crippen LogP contribution in [0.15, 0.2) is 15.0 Å². The number of guanidine groups is 3. The molecule has 0 unspecified atom stereocenters. The van der Waals surface area contributed by atoms with E-state index in [1.807, 2.05) is 57.0 Å². The van der Waals surface area contributed by atoms with Crippen molar-refractivity contribution < 1.29 is 37.3 Å². The van der Waals surface area contributed by atoms with E-state index >= 15 is 0 Å². The second kappa shape index (κ2) is 24.1. The van der Waals surface area contributed by atoms with Gasteiger partial charge in [0.25, 0.3) is 0 Å². The maximum Gasteiger partial charge on any atom is 3.00 e. The van der Waals surface area contributed by atoms with Crippen molar-refractivity contribution in [1.82, 2.24) is 14.7 Å². The number of hydrogen-bond donors (Lipinski definition) is 0. The first-order valence-electron chi connectivity index (χ1n) is 13.2. The van der Waals surface area contributed by atoms with Crippen molar-refractivity contribution in [2.75, 3.05) is 42.3 Å². The summed E-state index contributed by atoms with van der Waals surface area (Å²) < 4.78 is 0. The largest absolute Gasteiger partial charge is 3.00 e. The smallest absolute Gasteiger partial charge is 0.432 e. The molecule has 0 bridgehead atoms. The van der Waals surface area contributed by atoms with Gasteiger partial charge in [-0.3, -0.25) is 0 Å². The summed E-state index contributed by atoms with van der Waals surface area (Å²) in [6.07, 6.45) is 0. The van der Waals surface area contributed by atoms with Gasteiger partial charge in [0.2, 0.25) is 0 Å². The van der Waals surface area contributed by atoms with Crippen LogP contribution in [-0.2, 0) is 0 Å². The van der Waals surface area contributed by atoms with E-state index < -0.39 is 0 Å². The molecule has 1 radical (unpaired) electrons. The van der Waals surface area contributed by atoms with Gasteiger partial charge in [0.05, 0.1) is 0 Å². The van der Waals surface area contributed by atoms with Gasteiger partial charge in [-0.2, -0.15) is 0 Å². The zero-order valence-electron chi connectivity index (χ0n) is 27.3. The fourth-order valence-electron chi connectivity index (χ4n) is 2.18. The van der Waals surface area contributed by atoms with E-state index in [0.29, 0.717) is 36.3 Å². The number of nitrogens with zero attached hydrogens (tertiary/aromatic N) is 9. The van der Waals surface area contributed by atoms with Crippen molar-refractivity contribution in [3.63, 3.8) is 0 Å². The fourth-order valence-corrected chi connectivity index (χ4v) is 2.18. The Kier molecular flexibility index (Phi) is 28.1. The van der Waals surface area contributed by atoms with Crippen molar-refractivity contribution in [1.29, 1.82) is 0 Å². The molecule has 0 fully saturated rings. The molecule has 10 heteroatoms. The first kappa shape index (κ1) is 43.1. The first-order chi connectivity index (χ1) is 16.3. The average Bonchev–Trinajstić information content (AvgIpc) is 2.65. The molecule has 0 aromatic heterocycles.